The van der Waals surface area contributed by atoms with Crippen LogP contribution in [0.1, 0.15) is 22.3 Å². The van der Waals surface area contributed by atoms with Crippen LogP contribution in [0.5, 0.6) is 0 Å². The van der Waals surface area contributed by atoms with Crippen molar-refractivity contribution in [2.24, 2.45) is 0 Å². The van der Waals surface area contributed by atoms with E-state index in [9.17, 15) is 0 Å². The van der Waals surface area contributed by atoms with Crippen molar-refractivity contribution >= 4 is 22.4 Å². The molecule has 4 aromatic rings. The average Bonchev–Trinajstić information content (AvgIpc) is 2.70. The van der Waals surface area contributed by atoms with Crippen LogP contribution in [0.4, 0.5) is 0 Å². The fourth-order valence-electron chi connectivity index (χ4n) is 3.17. The van der Waals surface area contributed by atoms with Crippen LogP contribution < -0.4 is 0 Å². The van der Waals surface area contributed by atoms with Crippen LogP contribution in [0, 0.1) is 11.8 Å². The SMILES string of the molecule is Clc1ccc(Cc2ccc3ccc(C#CCc4ccccc4)cc3c2)cc1. The summed E-state index contributed by atoms with van der Waals surface area (Å²) in [4.78, 5) is 0. The molecule has 0 aliphatic carbocycles. The Labute approximate surface area is 165 Å². The zero-order chi connectivity index (χ0) is 18.5. The largest absolute Gasteiger partial charge is 0.0931 e. The second-order valence-electron chi connectivity index (χ2n) is 6.66. The second kappa shape index (κ2) is 8.12. The topological polar surface area (TPSA) is 0 Å². The summed E-state index contributed by atoms with van der Waals surface area (Å²) < 4.78 is 0. The third-order valence-electron chi connectivity index (χ3n) is 4.59. The molecule has 0 unspecified atom stereocenters. The lowest BCUT2D eigenvalue weighted by Crippen LogP contribution is -1.88. The fraction of sp³-hybridized carbons (Fsp3) is 0.0769. The Bertz CT molecular complexity index is 1110. The number of fused-ring (bicyclic) bond motifs is 1. The molecular weight excluding hydrogens is 348 g/mol. The van der Waals surface area contributed by atoms with Crippen molar-refractivity contribution in [3.05, 3.63) is 118 Å². The first kappa shape index (κ1) is 17.4. The molecule has 4 rings (SSSR count). The van der Waals surface area contributed by atoms with Gasteiger partial charge in [-0.15, -0.1) is 0 Å². The maximum absolute atomic E-state index is 5.98. The van der Waals surface area contributed by atoms with Crippen LogP contribution in [-0.2, 0) is 12.8 Å². The molecule has 0 aliphatic heterocycles. The molecule has 0 radical (unpaired) electrons. The van der Waals surface area contributed by atoms with Gasteiger partial charge in [0, 0.05) is 17.0 Å². The van der Waals surface area contributed by atoms with Crippen molar-refractivity contribution in [1.82, 2.24) is 0 Å². The lowest BCUT2D eigenvalue weighted by molar-refractivity contribution is 1.20. The molecule has 0 aliphatic rings. The summed E-state index contributed by atoms with van der Waals surface area (Å²) in [6.45, 7) is 0. The third kappa shape index (κ3) is 4.59. The summed E-state index contributed by atoms with van der Waals surface area (Å²) in [6, 6.07) is 31.5. The van der Waals surface area contributed by atoms with Gasteiger partial charge in [0.1, 0.15) is 0 Å². The van der Waals surface area contributed by atoms with Crippen molar-refractivity contribution in [3.8, 4) is 11.8 Å². The molecule has 0 bridgehead atoms. The van der Waals surface area contributed by atoms with Gasteiger partial charge >= 0.3 is 0 Å². The van der Waals surface area contributed by atoms with Crippen LogP contribution in [0.3, 0.4) is 0 Å². The smallest absolute Gasteiger partial charge is 0.0406 e. The van der Waals surface area contributed by atoms with E-state index in [4.69, 9.17) is 11.6 Å². The van der Waals surface area contributed by atoms with E-state index in [1.54, 1.807) is 0 Å². The minimum atomic E-state index is 0.773. The predicted octanol–water partition coefficient (Wildman–Crippen LogP) is 6.68. The Morgan fingerprint density at radius 3 is 2.19 bits per heavy atom. The van der Waals surface area contributed by atoms with Crippen LogP contribution in [-0.4, -0.2) is 0 Å². The molecule has 4 aromatic carbocycles. The van der Waals surface area contributed by atoms with Gasteiger partial charge in [-0.1, -0.05) is 90.2 Å². The number of benzene rings is 4. The highest BCUT2D eigenvalue weighted by Gasteiger charge is 2.00. The first-order valence-electron chi connectivity index (χ1n) is 9.06. The number of rotatable bonds is 3. The van der Waals surface area contributed by atoms with Crippen LogP contribution >= 0.6 is 11.6 Å². The Morgan fingerprint density at radius 1 is 0.630 bits per heavy atom. The van der Waals surface area contributed by atoms with Gasteiger partial charge in [-0.2, -0.15) is 0 Å². The predicted molar refractivity (Wildman–Crippen MR) is 115 cm³/mol. The molecule has 0 nitrogen and oxygen atoms in total. The molecule has 130 valence electrons. The summed E-state index contributed by atoms with van der Waals surface area (Å²) in [5.41, 5.74) is 4.86. The molecular formula is C26H19Cl. The molecule has 0 heterocycles. The molecule has 0 spiro atoms. The highest BCUT2D eigenvalue weighted by atomic mass is 35.5. The molecule has 0 saturated heterocycles. The number of halogens is 1. The maximum Gasteiger partial charge on any atom is 0.0406 e. The average molecular weight is 367 g/mol. The Hall–Kier alpha value is -3.01. The van der Waals surface area contributed by atoms with E-state index in [2.05, 4.69) is 84.6 Å². The lowest BCUT2D eigenvalue weighted by Gasteiger charge is -2.05. The fourth-order valence-corrected chi connectivity index (χ4v) is 3.29. The highest BCUT2D eigenvalue weighted by molar-refractivity contribution is 6.30. The van der Waals surface area contributed by atoms with E-state index < -0.39 is 0 Å². The third-order valence-corrected chi connectivity index (χ3v) is 4.85. The van der Waals surface area contributed by atoms with Gasteiger partial charge in [-0.25, -0.2) is 0 Å². The van der Waals surface area contributed by atoms with Gasteiger partial charge in [-0.3, -0.25) is 0 Å². The quantitative estimate of drug-likeness (QED) is 0.355. The van der Waals surface area contributed by atoms with E-state index >= 15 is 0 Å². The van der Waals surface area contributed by atoms with E-state index in [-0.39, 0.29) is 0 Å². The minimum absolute atomic E-state index is 0.773. The summed E-state index contributed by atoms with van der Waals surface area (Å²) in [5, 5.41) is 3.24. The van der Waals surface area contributed by atoms with E-state index in [1.165, 1.54) is 27.5 Å². The van der Waals surface area contributed by atoms with Crippen LogP contribution in [0.2, 0.25) is 5.02 Å². The van der Waals surface area contributed by atoms with Crippen molar-refractivity contribution in [2.45, 2.75) is 12.8 Å². The summed E-state index contributed by atoms with van der Waals surface area (Å²) >= 11 is 5.98. The van der Waals surface area contributed by atoms with Crippen LogP contribution in [0.25, 0.3) is 10.8 Å². The lowest BCUT2D eigenvalue weighted by atomic mass is 10.00. The molecule has 0 N–H and O–H groups in total. The molecule has 0 amide bonds. The second-order valence-corrected chi connectivity index (χ2v) is 7.10. The van der Waals surface area contributed by atoms with E-state index in [0.29, 0.717) is 0 Å². The normalized spacial score (nSPS) is 10.4. The standard InChI is InChI=1S/C26H19Cl/c27-26-15-11-22(12-16-26)17-23-10-14-24-13-9-21(18-25(24)19-23)8-4-7-20-5-2-1-3-6-20/h1-3,5-6,9-16,18-19H,7,17H2. The van der Waals surface area contributed by atoms with Crippen LogP contribution in [0.15, 0.2) is 91.0 Å². The molecule has 27 heavy (non-hydrogen) atoms. The van der Waals surface area contributed by atoms with Crippen molar-refractivity contribution in [2.75, 3.05) is 0 Å². The maximum atomic E-state index is 5.98. The van der Waals surface area contributed by atoms with E-state index in [1.807, 2.05) is 18.2 Å². The van der Waals surface area contributed by atoms with Crippen molar-refractivity contribution in [3.63, 3.8) is 0 Å². The summed E-state index contributed by atoms with van der Waals surface area (Å²) in [7, 11) is 0. The van der Waals surface area contributed by atoms with Gasteiger partial charge in [0.25, 0.3) is 0 Å². The Kier molecular flexibility index (Phi) is 5.24. The number of hydrogen-bond acceptors (Lipinski definition) is 0. The molecule has 0 atom stereocenters. The highest BCUT2D eigenvalue weighted by Crippen LogP contribution is 2.20. The Balaban J connectivity index is 1.55. The van der Waals surface area contributed by atoms with Gasteiger partial charge in [0.05, 0.1) is 0 Å². The molecule has 0 fully saturated rings. The van der Waals surface area contributed by atoms with E-state index in [0.717, 1.165) is 23.4 Å². The Morgan fingerprint density at radius 2 is 1.37 bits per heavy atom. The van der Waals surface area contributed by atoms with Gasteiger partial charge in [0.15, 0.2) is 0 Å². The molecule has 1 heteroatoms. The van der Waals surface area contributed by atoms with Crippen molar-refractivity contribution < 1.29 is 0 Å². The van der Waals surface area contributed by atoms with Crippen molar-refractivity contribution in [1.29, 1.82) is 0 Å². The minimum Gasteiger partial charge on any atom is -0.0931 e. The van der Waals surface area contributed by atoms with Gasteiger partial charge in [0.2, 0.25) is 0 Å². The van der Waals surface area contributed by atoms with Gasteiger partial charge in [-0.05, 0) is 58.1 Å². The van der Waals surface area contributed by atoms with Gasteiger partial charge < -0.3 is 0 Å². The monoisotopic (exact) mass is 366 g/mol. The molecule has 0 aromatic heterocycles. The first-order valence-corrected chi connectivity index (χ1v) is 9.44. The number of hydrogen-bond donors (Lipinski definition) is 0. The zero-order valence-electron chi connectivity index (χ0n) is 15.0. The zero-order valence-corrected chi connectivity index (χ0v) is 15.7. The summed E-state index contributed by atoms with van der Waals surface area (Å²) in [5.74, 6) is 6.58. The first-order chi connectivity index (χ1) is 13.3. The molecule has 0 saturated carbocycles. The summed E-state index contributed by atoms with van der Waals surface area (Å²) in [6.07, 6.45) is 1.67.